The summed E-state index contributed by atoms with van der Waals surface area (Å²) in [5, 5.41) is 10.0. The molecule has 96 valence electrons. The minimum absolute atomic E-state index is 0.120. The van der Waals surface area contributed by atoms with E-state index in [1.165, 1.54) is 6.42 Å². The molecule has 3 atom stereocenters. The van der Waals surface area contributed by atoms with Crippen LogP contribution in [0.25, 0.3) is 0 Å². The van der Waals surface area contributed by atoms with Gasteiger partial charge in [0.05, 0.1) is 18.9 Å². The van der Waals surface area contributed by atoms with E-state index in [1.807, 2.05) is 12.1 Å². The molecule has 0 amide bonds. The van der Waals surface area contributed by atoms with Crippen molar-refractivity contribution in [2.75, 3.05) is 13.6 Å². The summed E-state index contributed by atoms with van der Waals surface area (Å²) in [6.07, 6.45) is 4.86. The van der Waals surface area contributed by atoms with Gasteiger partial charge in [0.1, 0.15) is 5.76 Å². The lowest BCUT2D eigenvalue weighted by Gasteiger charge is -2.34. The number of hydrogen-bond donors (Lipinski definition) is 1. The van der Waals surface area contributed by atoms with Crippen molar-refractivity contribution in [2.24, 2.45) is 11.8 Å². The number of rotatable bonds is 4. The zero-order valence-electron chi connectivity index (χ0n) is 10.8. The van der Waals surface area contributed by atoms with E-state index in [2.05, 4.69) is 18.9 Å². The Hall–Kier alpha value is -0.800. The van der Waals surface area contributed by atoms with Crippen molar-refractivity contribution >= 4 is 0 Å². The van der Waals surface area contributed by atoms with Crippen molar-refractivity contribution in [3.8, 4) is 0 Å². The second kappa shape index (κ2) is 5.69. The van der Waals surface area contributed by atoms with Crippen molar-refractivity contribution < 1.29 is 9.52 Å². The first-order valence-electron chi connectivity index (χ1n) is 6.54. The lowest BCUT2D eigenvalue weighted by Crippen LogP contribution is -2.36. The number of hydrogen-bond acceptors (Lipinski definition) is 3. The third-order valence-corrected chi connectivity index (χ3v) is 3.76. The smallest absolute Gasteiger partial charge is 0.117 e. The van der Waals surface area contributed by atoms with Crippen molar-refractivity contribution in [3.63, 3.8) is 0 Å². The Morgan fingerprint density at radius 2 is 2.29 bits per heavy atom. The quantitative estimate of drug-likeness (QED) is 0.874. The van der Waals surface area contributed by atoms with E-state index in [-0.39, 0.29) is 6.10 Å². The van der Waals surface area contributed by atoms with E-state index in [0.29, 0.717) is 5.92 Å². The maximum atomic E-state index is 10.0. The highest BCUT2D eigenvalue weighted by molar-refractivity contribution is 4.97. The van der Waals surface area contributed by atoms with Gasteiger partial charge in [-0.25, -0.2) is 0 Å². The maximum absolute atomic E-state index is 10.0. The molecule has 0 saturated heterocycles. The van der Waals surface area contributed by atoms with E-state index < -0.39 is 0 Å². The van der Waals surface area contributed by atoms with Crippen molar-refractivity contribution in [1.29, 1.82) is 0 Å². The van der Waals surface area contributed by atoms with Crippen LogP contribution in [0.15, 0.2) is 22.8 Å². The predicted molar refractivity (Wildman–Crippen MR) is 67.6 cm³/mol. The van der Waals surface area contributed by atoms with Gasteiger partial charge in [0.2, 0.25) is 0 Å². The lowest BCUT2D eigenvalue weighted by molar-refractivity contribution is 0.0328. The second-order valence-electron chi connectivity index (χ2n) is 5.52. The third-order valence-electron chi connectivity index (χ3n) is 3.76. The lowest BCUT2D eigenvalue weighted by atomic mass is 9.80. The molecule has 1 aromatic rings. The molecular formula is C14H23NO2. The minimum atomic E-state index is -0.120. The molecule has 1 N–H and O–H groups in total. The van der Waals surface area contributed by atoms with Crippen molar-refractivity contribution in [2.45, 2.75) is 38.8 Å². The third kappa shape index (κ3) is 3.58. The maximum Gasteiger partial charge on any atom is 0.117 e. The molecular weight excluding hydrogens is 214 g/mol. The highest BCUT2D eigenvalue weighted by Crippen LogP contribution is 2.29. The first-order chi connectivity index (χ1) is 8.15. The average Bonchev–Trinajstić information content (AvgIpc) is 2.76. The number of nitrogens with zero attached hydrogens (tertiary/aromatic N) is 1. The predicted octanol–water partition coefficient (Wildman–Crippen LogP) is 2.51. The standard InChI is InChI=1S/C14H23NO2/c1-11-5-6-14(16)12(8-11)9-15(2)10-13-4-3-7-17-13/h3-4,7,11-12,14,16H,5-6,8-10H2,1-2H3. The second-order valence-corrected chi connectivity index (χ2v) is 5.52. The van der Waals surface area contributed by atoms with Gasteiger partial charge in [0, 0.05) is 6.54 Å². The fourth-order valence-electron chi connectivity index (χ4n) is 2.81. The average molecular weight is 237 g/mol. The Balaban J connectivity index is 1.82. The molecule has 2 rings (SSSR count). The largest absolute Gasteiger partial charge is 0.468 e. The zero-order chi connectivity index (χ0) is 12.3. The Morgan fingerprint density at radius 1 is 1.47 bits per heavy atom. The van der Waals surface area contributed by atoms with Gasteiger partial charge < -0.3 is 9.52 Å². The molecule has 0 spiro atoms. The van der Waals surface area contributed by atoms with Gasteiger partial charge >= 0.3 is 0 Å². The first-order valence-corrected chi connectivity index (χ1v) is 6.54. The monoisotopic (exact) mass is 237 g/mol. The fraction of sp³-hybridized carbons (Fsp3) is 0.714. The van der Waals surface area contributed by atoms with Gasteiger partial charge in [-0.15, -0.1) is 0 Å². The summed E-state index contributed by atoms with van der Waals surface area (Å²) in [5.41, 5.74) is 0. The van der Waals surface area contributed by atoms with Crippen LogP contribution in [-0.4, -0.2) is 29.7 Å². The Morgan fingerprint density at radius 3 is 3.00 bits per heavy atom. The Bertz CT molecular complexity index is 323. The van der Waals surface area contributed by atoms with Crippen LogP contribution in [0.5, 0.6) is 0 Å². The van der Waals surface area contributed by atoms with Crippen LogP contribution in [0.1, 0.15) is 31.9 Å². The van der Waals surface area contributed by atoms with E-state index in [9.17, 15) is 5.11 Å². The summed E-state index contributed by atoms with van der Waals surface area (Å²) >= 11 is 0. The number of aliphatic hydroxyl groups excluding tert-OH is 1. The van der Waals surface area contributed by atoms with Crippen LogP contribution in [0.2, 0.25) is 0 Å². The summed E-state index contributed by atoms with van der Waals surface area (Å²) in [4.78, 5) is 2.24. The highest BCUT2D eigenvalue weighted by atomic mass is 16.3. The molecule has 0 radical (unpaired) electrons. The summed E-state index contributed by atoms with van der Waals surface area (Å²) in [7, 11) is 2.09. The number of furan rings is 1. The van der Waals surface area contributed by atoms with Crippen LogP contribution < -0.4 is 0 Å². The van der Waals surface area contributed by atoms with Gasteiger partial charge in [-0.2, -0.15) is 0 Å². The molecule has 17 heavy (non-hydrogen) atoms. The molecule has 3 heteroatoms. The SMILES string of the molecule is CC1CCC(O)C(CN(C)Cc2ccco2)C1. The van der Waals surface area contributed by atoms with Crippen molar-refractivity contribution in [3.05, 3.63) is 24.2 Å². The zero-order valence-corrected chi connectivity index (χ0v) is 10.8. The summed E-state index contributed by atoms with van der Waals surface area (Å²) in [5.74, 6) is 2.16. The van der Waals surface area contributed by atoms with Crippen LogP contribution in [0.3, 0.4) is 0 Å². The topological polar surface area (TPSA) is 36.6 Å². The van der Waals surface area contributed by atoms with E-state index in [0.717, 1.165) is 37.6 Å². The molecule has 1 aromatic heterocycles. The fourth-order valence-corrected chi connectivity index (χ4v) is 2.81. The van der Waals surface area contributed by atoms with Crippen molar-refractivity contribution in [1.82, 2.24) is 4.90 Å². The first kappa shape index (κ1) is 12.7. The van der Waals surface area contributed by atoms with E-state index in [1.54, 1.807) is 6.26 Å². The van der Waals surface area contributed by atoms with Gasteiger partial charge in [-0.1, -0.05) is 6.92 Å². The molecule has 1 heterocycles. The van der Waals surface area contributed by atoms with Gasteiger partial charge in [-0.3, -0.25) is 4.90 Å². The molecule has 0 aliphatic heterocycles. The van der Waals surface area contributed by atoms with E-state index >= 15 is 0 Å². The molecule has 1 aliphatic rings. The molecule has 0 aromatic carbocycles. The summed E-state index contributed by atoms with van der Waals surface area (Å²) in [6, 6.07) is 3.91. The van der Waals surface area contributed by atoms with E-state index in [4.69, 9.17) is 4.42 Å². The van der Waals surface area contributed by atoms with Crippen LogP contribution in [-0.2, 0) is 6.54 Å². The molecule has 1 saturated carbocycles. The van der Waals surface area contributed by atoms with Crippen LogP contribution >= 0.6 is 0 Å². The summed E-state index contributed by atoms with van der Waals surface area (Å²) < 4.78 is 5.34. The highest BCUT2D eigenvalue weighted by Gasteiger charge is 2.27. The molecule has 3 unspecified atom stereocenters. The molecule has 1 fully saturated rings. The molecule has 1 aliphatic carbocycles. The number of aliphatic hydroxyl groups is 1. The van der Waals surface area contributed by atoms with Gasteiger partial charge in [0.15, 0.2) is 0 Å². The normalized spacial score (nSPS) is 29.8. The summed E-state index contributed by atoms with van der Waals surface area (Å²) in [6.45, 7) is 4.06. The van der Waals surface area contributed by atoms with Crippen LogP contribution in [0.4, 0.5) is 0 Å². The Kier molecular flexibility index (Phi) is 4.24. The van der Waals surface area contributed by atoms with Gasteiger partial charge in [-0.05, 0) is 50.3 Å². The minimum Gasteiger partial charge on any atom is -0.468 e. The molecule has 3 nitrogen and oxygen atoms in total. The molecule has 0 bridgehead atoms. The Labute approximate surface area is 103 Å². The van der Waals surface area contributed by atoms with Crippen LogP contribution in [0, 0.1) is 11.8 Å². The van der Waals surface area contributed by atoms with Gasteiger partial charge in [0.25, 0.3) is 0 Å².